The van der Waals surface area contributed by atoms with Gasteiger partial charge in [-0.25, -0.2) is 4.79 Å². The number of aliphatic carboxylic acids is 1. The Balaban J connectivity index is 2.51. The van der Waals surface area contributed by atoms with E-state index >= 15 is 0 Å². The molecular formula is C12H14O4. The highest BCUT2D eigenvalue weighted by molar-refractivity contribution is 5.85. The average Bonchev–Trinajstić information content (AvgIpc) is 2.28. The minimum Gasteiger partial charge on any atom is -0.494 e. The van der Waals surface area contributed by atoms with E-state index in [1.165, 1.54) is 6.08 Å². The fraction of sp³-hybridized carbons (Fsp3) is 0.250. The van der Waals surface area contributed by atoms with E-state index in [-0.39, 0.29) is 6.61 Å². The van der Waals surface area contributed by atoms with Crippen LogP contribution in [0.1, 0.15) is 12.0 Å². The lowest BCUT2D eigenvalue weighted by Crippen LogP contribution is -1.99. The summed E-state index contributed by atoms with van der Waals surface area (Å²) in [6, 6.07) is 7.07. The number of ether oxygens (including phenoxy) is 1. The number of carboxylic acids is 1. The number of carboxylic acid groups (broad SMARTS) is 1. The molecule has 0 aliphatic rings. The molecule has 0 bridgehead atoms. The van der Waals surface area contributed by atoms with Crippen molar-refractivity contribution in [3.8, 4) is 5.75 Å². The van der Waals surface area contributed by atoms with Crippen molar-refractivity contribution in [2.24, 2.45) is 0 Å². The summed E-state index contributed by atoms with van der Waals surface area (Å²) < 4.78 is 5.33. The summed E-state index contributed by atoms with van der Waals surface area (Å²) in [5.41, 5.74) is 0.803. The Morgan fingerprint density at radius 2 is 2.00 bits per heavy atom. The standard InChI is InChI=1S/C12H14O4/c13-8-1-9-16-11-5-2-10(3-6-11)4-7-12(14)15/h2-7,13H,1,8-9H2,(H,14,15)/b7-4+. The van der Waals surface area contributed by atoms with Gasteiger partial charge in [0, 0.05) is 19.1 Å². The predicted octanol–water partition coefficient (Wildman–Crippen LogP) is 1.55. The summed E-state index contributed by atoms with van der Waals surface area (Å²) >= 11 is 0. The number of rotatable bonds is 6. The van der Waals surface area contributed by atoms with E-state index in [2.05, 4.69) is 0 Å². The molecule has 0 aliphatic carbocycles. The molecule has 1 rings (SSSR count). The Labute approximate surface area is 93.8 Å². The van der Waals surface area contributed by atoms with Crippen molar-refractivity contribution in [2.45, 2.75) is 6.42 Å². The molecule has 16 heavy (non-hydrogen) atoms. The molecule has 0 saturated heterocycles. The Morgan fingerprint density at radius 1 is 1.31 bits per heavy atom. The molecule has 4 heteroatoms. The van der Waals surface area contributed by atoms with E-state index in [1.54, 1.807) is 24.3 Å². The average molecular weight is 222 g/mol. The third-order valence-electron chi connectivity index (χ3n) is 1.87. The van der Waals surface area contributed by atoms with Gasteiger partial charge >= 0.3 is 5.97 Å². The van der Waals surface area contributed by atoms with Gasteiger partial charge in [-0.1, -0.05) is 12.1 Å². The highest BCUT2D eigenvalue weighted by Crippen LogP contribution is 2.13. The van der Waals surface area contributed by atoms with Crippen LogP contribution in [0.4, 0.5) is 0 Å². The molecule has 0 radical (unpaired) electrons. The molecule has 1 aromatic carbocycles. The van der Waals surface area contributed by atoms with E-state index < -0.39 is 5.97 Å². The van der Waals surface area contributed by atoms with E-state index in [9.17, 15) is 4.79 Å². The van der Waals surface area contributed by atoms with E-state index in [4.69, 9.17) is 14.9 Å². The number of hydrogen-bond acceptors (Lipinski definition) is 3. The van der Waals surface area contributed by atoms with Crippen LogP contribution in [0.5, 0.6) is 5.75 Å². The lowest BCUT2D eigenvalue weighted by molar-refractivity contribution is -0.131. The first kappa shape index (κ1) is 12.3. The molecule has 2 N–H and O–H groups in total. The van der Waals surface area contributed by atoms with Crippen molar-refractivity contribution < 1.29 is 19.7 Å². The van der Waals surface area contributed by atoms with Gasteiger partial charge in [0.2, 0.25) is 0 Å². The summed E-state index contributed by atoms with van der Waals surface area (Å²) in [6.45, 7) is 0.584. The summed E-state index contributed by atoms with van der Waals surface area (Å²) in [7, 11) is 0. The summed E-state index contributed by atoms with van der Waals surface area (Å²) in [5, 5.41) is 17.0. The quantitative estimate of drug-likeness (QED) is 0.566. The van der Waals surface area contributed by atoms with Crippen molar-refractivity contribution in [3.63, 3.8) is 0 Å². The third kappa shape index (κ3) is 4.61. The molecule has 0 unspecified atom stereocenters. The van der Waals surface area contributed by atoms with Gasteiger partial charge in [0.05, 0.1) is 6.61 Å². The minimum absolute atomic E-state index is 0.111. The summed E-state index contributed by atoms with van der Waals surface area (Å²) in [4.78, 5) is 10.3. The molecule has 0 spiro atoms. The second-order valence-corrected chi connectivity index (χ2v) is 3.17. The number of aliphatic hydroxyl groups excluding tert-OH is 1. The van der Waals surface area contributed by atoms with Crippen molar-refractivity contribution >= 4 is 12.0 Å². The largest absolute Gasteiger partial charge is 0.494 e. The van der Waals surface area contributed by atoms with Crippen LogP contribution in [-0.4, -0.2) is 29.4 Å². The molecule has 4 nitrogen and oxygen atoms in total. The number of carbonyl (C=O) groups is 1. The van der Waals surface area contributed by atoms with E-state index in [0.29, 0.717) is 18.8 Å². The highest BCUT2D eigenvalue weighted by atomic mass is 16.5. The fourth-order valence-corrected chi connectivity index (χ4v) is 1.10. The molecule has 0 saturated carbocycles. The number of hydrogen-bond donors (Lipinski definition) is 2. The van der Waals surface area contributed by atoms with Crippen LogP contribution in [0.15, 0.2) is 30.3 Å². The smallest absolute Gasteiger partial charge is 0.328 e. The Bertz CT molecular complexity index is 354. The molecule has 0 atom stereocenters. The molecular weight excluding hydrogens is 208 g/mol. The zero-order valence-corrected chi connectivity index (χ0v) is 8.80. The normalized spacial score (nSPS) is 10.6. The van der Waals surface area contributed by atoms with E-state index in [0.717, 1.165) is 11.6 Å². The fourth-order valence-electron chi connectivity index (χ4n) is 1.10. The van der Waals surface area contributed by atoms with Crippen molar-refractivity contribution in [2.75, 3.05) is 13.2 Å². The zero-order chi connectivity index (χ0) is 11.8. The highest BCUT2D eigenvalue weighted by Gasteiger charge is 1.94. The first-order valence-corrected chi connectivity index (χ1v) is 4.97. The predicted molar refractivity (Wildman–Crippen MR) is 60.3 cm³/mol. The SMILES string of the molecule is O=C(O)/C=C/c1ccc(OCCCO)cc1. The number of aliphatic hydroxyl groups is 1. The molecule has 86 valence electrons. The van der Waals surface area contributed by atoms with E-state index in [1.807, 2.05) is 0 Å². The van der Waals surface area contributed by atoms with Crippen LogP contribution in [0.25, 0.3) is 6.08 Å². The van der Waals surface area contributed by atoms with Crippen LogP contribution in [-0.2, 0) is 4.79 Å². The van der Waals surface area contributed by atoms with Crippen molar-refractivity contribution in [3.05, 3.63) is 35.9 Å². The van der Waals surface area contributed by atoms with Crippen LogP contribution >= 0.6 is 0 Å². The third-order valence-corrected chi connectivity index (χ3v) is 1.87. The maximum Gasteiger partial charge on any atom is 0.328 e. The minimum atomic E-state index is -0.969. The van der Waals surface area contributed by atoms with Crippen LogP contribution < -0.4 is 4.74 Å². The lowest BCUT2D eigenvalue weighted by atomic mass is 10.2. The first-order valence-electron chi connectivity index (χ1n) is 4.97. The second-order valence-electron chi connectivity index (χ2n) is 3.17. The van der Waals surface area contributed by atoms with Gasteiger partial charge in [0.15, 0.2) is 0 Å². The molecule has 0 fully saturated rings. The van der Waals surface area contributed by atoms with Gasteiger partial charge in [0.1, 0.15) is 5.75 Å². The van der Waals surface area contributed by atoms with Gasteiger partial charge in [-0.2, -0.15) is 0 Å². The Kier molecular flexibility index (Phi) is 5.08. The van der Waals surface area contributed by atoms with Crippen LogP contribution in [0, 0.1) is 0 Å². The lowest BCUT2D eigenvalue weighted by Gasteiger charge is -2.04. The van der Waals surface area contributed by atoms with Gasteiger partial charge in [0.25, 0.3) is 0 Å². The van der Waals surface area contributed by atoms with Gasteiger partial charge in [-0.3, -0.25) is 0 Å². The topological polar surface area (TPSA) is 66.8 Å². The first-order chi connectivity index (χ1) is 7.72. The monoisotopic (exact) mass is 222 g/mol. The molecule has 1 aromatic rings. The molecule has 0 heterocycles. The van der Waals surface area contributed by atoms with Crippen molar-refractivity contribution in [1.29, 1.82) is 0 Å². The van der Waals surface area contributed by atoms with Crippen LogP contribution in [0.3, 0.4) is 0 Å². The maximum absolute atomic E-state index is 10.3. The summed E-state index contributed by atoms with van der Waals surface area (Å²) in [5.74, 6) is -0.260. The zero-order valence-electron chi connectivity index (χ0n) is 8.80. The number of benzene rings is 1. The van der Waals surface area contributed by atoms with Gasteiger partial charge < -0.3 is 14.9 Å². The Morgan fingerprint density at radius 3 is 2.56 bits per heavy atom. The van der Waals surface area contributed by atoms with Crippen molar-refractivity contribution in [1.82, 2.24) is 0 Å². The molecule has 0 amide bonds. The molecule has 0 aliphatic heterocycles. The van der Waals surface area contributed by atoms with Gasteiger partial charge in [-0.15, -0.1) is 0 Å². The maximum atomic E-state index is 10.3. The molecule has 0 aromatic heterocycles. The Hall–Kier alpha value is -1.81. The summed E-state index contributed by atoms with van der Waals surface area (Å²) in [6.07, 6.45) is 3.20. The van der Waals surface area contributed by atoms with Crippen LogP contribution in [0.2, 0.25) is 0 Å². The van der Waals surface area contributed by atoms with Gasteiger partial charge in [-0.05, 0) is 23.8 Å². The second kappa shape index (κ2) is 6.63.